The molecular weight excluding hydrogens is 204 g/mol. The summed E-state index contributed by atoms with van der Waals surface area (Å²) in [5.74, 6) is -0.314. The third kappa shape index (κ3) is 2.34. The molecule has 0 saturated carbocycles. The zero-order valence-electron chi connectivity index (χ0n) is 9.12. The van der Waals surface area contributed by atoms with Gasteiger partial charge in [0, 0.05) is 11.8 Å². The molecule has 2 rings (SSSR count). The normalized spacial score (nSPS) is 15.9. The van der Waals surface area contributed by atoms with Gasteiger partial charge in [-0.3, -0.25) is 0 Å². The molecule has 1 aliphatic rings. The van der Waals surface area contributed by atoms with Gasteiger partial charge in [0.15, 0.2) is 0 Å². The molecule has 16 heavy (non-hydrogen) atoms. The molecule has 0 fully saturated rings. The Balaban J connectivity index is 2.10. The summed E-state index contributed by atoms with van der Waals surface area (Å²) in [4.78, 5) is 11.3. The van der Waals surface area contributed by atoms with Crippen LogP contribution in [0.3, 0.4) is 0 Å². The van der Waals surface area contributed by atoms with Gasteiger partial charge in [-0.05, 0) is 19.1 Å². The quantitative estimate of drug-likeness (QED) is 0.588. The van der Waals surface area contributed by atoms with Gasteiger partial charge in [-0.15, -0.1) is 0 Å². The first-order chi connectivity index (χ1) is 7.79. The highest BCUT2D eigenvalue weighted by Crippen LogP contribution is 2.26. The Kier molecular flexibility index (Phi) is 3.10. The first-order valence-electron chi connectivity index (χ1n) is 5.27. The van der Waals surface area contributed by atoms with Crippen molar-refractivity contribution < 1.29 is 9.53 Å². The average Bonchev–Trinajstić information content (AvgIpc) is 2.29. The van der Waals surface area contributed by atoms with E-state index >= 15 is 0 Å². The molecule has 0 saturated heterocycles. The monoisotopic (exact) mass is 218 g/mol. The van der Waals surface area contributed by atoms with Crippen molar-refractivity contribution in [1.82, 2.24) is 0 Å². The number of benzene rings is 1. The van der Waals surface area contributed by atoms with Crippen LogP contribution in [0.15, 0.2) is 36.0 Å². The highest BCUT2D eigenvalue weighted by molar-refractivity contribution is 5.85. The molecule has 4 heteroatoms. The Morgan fingerprint density at radius 1 is 1.44 bits per heavy atom. The first kappa shape index (κ1) is 10.5. The van der Waals surface area contributed by atoms with E-state index in [-0.39, 0.29) is 5.97 Å². The summed E-state index contributed by atoms with van der Waals surface area (Å²) >= 11 is 0. The Bertz CT molecular complexity index is 427. The molecule has 0 bridgehead atoms. The molecule has 0 atom stereocenters. The molecular formula is C12H14N2O2. The van der Waals surface area contributed by atoms with Crippen molar-refractivity contribution in [3.05, 3.63) is 36.0 Å². The molecule has 0 aliphatic carbocycles. The Morgan fingerprint density at radius 3 is 2.94 bits per heavy atom. The summed E-state index contributed by atoms with van der Waals surface area (Å²) in [6.07, 6.45) is 1.48. The number of carbonyl (C=O) groups is 1. The number of carbonyl (C=O) groups excluding carboxylic acids is 1. The van der Waals surface area contributed by atoms with E-state index < -0.39 is 0 Å². The lowest BCUT2D eigenvalue weighted by molar-refractivity contribution is -0.137. The number of hydrogen-bond acceptors (Lipinski definition) is 4. The van der Waals surface area contributed by atoms with Crippen LogP contribution >= 0.6 is 0 Å². The van der Waals surface area contributed by atoms with Crippen LogP contribution in [-0.2, 0) is 9.53 Å². The number of rotatable bonds is 2. The summed E-state index contributed by atoms with van der Waals surface area (Å²) in [7, 11) is 0. The fourth-order valence-corrected chi connectivity index (χ4v) is 1.57. The number of anilines is 2. The van der Waals surface area contributed by atoms with Crippen molar-refractivity contribution >= 4 is 17.3 Å². The van der Waals surface area contributed by atoms with Gasteiger partial charge in [0.25, 0.3) is 0 Å². The van der Waals surface area contributed by atoms with Crippen molar-refractivity contribution in [2.45, 2.75) is 6.92 Å². The fraction of sp³-hybridized carbons (Fsp3) is 0.250. The van der Waals surface area contributed by atoms with Crippen LogP contribution in [0.25, 0.3) is 0 Å². The Hall–Kier alpha value is -1.97. The Morgan fingerprint density at radius 2 is 2.19 bits per heavy atom. The summed E-state index contributed by atoms with van der Waals surface area (Å²) in [5, 5.41) is 6.41. The topological polar surface area (TPSA) is 50.4 Å². The van der Waals surface area contributed by atoms with E-state index in [1.54, 1.807) is 6.92 Å². The highest BCUT2D eigenvalue weighted by atomic mass is 16.5. The van der Waals surface area contributed by atoms with Crippen LogP contribution in [0, 0.1) is 0 Å². The van der Waals surface area contributed by atoms with Crippen LogP contribution in [0.5, 0.6) is 0 Å². The zero-order chi connectivity index (χ0) is 11.4. The number of esters is 1. The third-order valence-corrected chi connectivity index (χ3v) is 2.27. The van der Waals surface area contributed by atoms with Crippen molar-refractivity contribution in [2.24, 2.45) is 0 Å². The first-order valence-corrected chi connectivity index (χ1v) is 5.27. The Labute approximate surface area is 94.3 Å². The van der Waals surface area contributed by atoms with Crippen LogP contribution in [0.2, 0.25) is 0 Å². The fourth-order valence-electron chi connectivity index (χ4n) is 1.57. The molecule has 2 N–H and O–H groups in total. The molecule has 1 aromatic carbocycles. The van der Waals surface area contributed by atoms with Crippen LogP contribution < -0.4 is 10.6 Å². The molecule has 0 spiro atoms. The lowest BCUT2D eigenvalue weighted by Crippen LogP contribution is -2.20. The van der Waals surface area contributed by atoms with Gasteiger partial charge in [0.1, 0.15) is 0 Å². The van der Waals surface area contributed by atoms with E-state index in [0.717, 1.165) is 17.1 Å². The molecule has 1 aliphatic heterocycles. The molecule has 0 radical (unpaired) electrons. The SMILES string of the molecule is CCOC(=O)/C=C1/CNc2ccccc2N1. The second-order valence-electron chi connectivity index (χ2n) is 3.45. The van der Waals surface area contributed by atoms with Gasteiger partial charge < -0.3 is 15.4 Å². The molecule has 0 unspecified atom stereocenters. The molecule has 1 heterocycles. The minimum Gasteiger partial charge on any atom is -0.463 e. The van der Waals surface area contributed by atoms with Crippen LogP contribution in [-0.4, -0.2) is 19.1 Å². The molecule has 0 amide bonds. The number of nitrogens with one attached hydrogen (secondary N) is 2. The number of fused-ring (bicyclic) bond motifs is 1. The van der Waals surface area contributed by atoms with E-state index in [4.69, 9.17) is 4.74 Å². The summed E-state index contributed by atoms with van der Waals surface area (Å²) < 4.78 is 4.85. The highest BCUT2D eigenvalue weighted by Gasteiger charge is 2.11. The van der Waals surface area contributed by atoms with Crippen LogP contribution in [0.4, 0.5) is 11.4 Å². The third-order valence-electron chi connectivity index (χ3n) is 2.27. The number of hydrogen-bond donors (Lipinski definition) is 2. The van der Waals surface area contributed by atoms with Gasteiger partial charge in [0.2, 0.25) is 0 Å². The van der Waals surface area contributed by atoms with Crippen molar-refractivity contribution in [2.75, 3.05) is 23.8 Å². The predicted octanol–water partition coefficient (Wildman–Crippen LogP) is 1.97. The lowest BCUT2D eigenvalue weighted by atomic mass is 10.2. The van der Waals surface area contributed by atoms with Crippen molar-refractivity contribution in [3.8, 4) is 0 Å². The number of ether oxygens (including phenoxy) is 1. The van der Waals surface area contributed by atoms with E-state index in [1.165, 1.54) is 6.08 Å². The second-order valence-corrected chi connectivity index (χ2v) is 3.45. The predicted molar refractivity (Wildman–Crippen MR) is 63.3 cm³/mol. The second kappa shape index (κ2) is 4.70. The summed E-state index contributed by atoms with van der Waals surface area (Å²) in [5.41, 5.74) is 2.84. The lowest BCUT2D eigenvalue weighted by Gasteiger charge is -2.22. The number of para-hydroxylation sites is 2. The van der Waals surface area contributed by atoms with Gasteiger partial charge in [0.05, 0.1) is 24.5 Å². The smallest absolute Gasteiger partial charge is 0.332 e. The van der Waals surface area contributed by atoms with Gasteiger partial charge in [-0.1, -0.05) is 12.1 Å². The molecule has 0 aromatic heterocycles. The maximum atomic E-state index is 11.3. The largest absolute Gasteiger partial charge is 0.463 e. The molecule has 4 nitrogen and oxygen atoms in total. The van der Waals surface area contributed by atoms with E-state index in [0.29, 0.717) is 13.2 Å². The summed E-state index contributed by atoms with van der Waals surface area (Å²) in [6.45, 7) is 2.79. The van der Waals surface area contributed by atoms with E-state index in [9.17, 15) is 4.79 Å². The van der Waals surface area contributed by atoms with E-state index in [1.807, 2.05) is 24.3 Å². The minimum atomic E-state index is -0.314. The van der Waals surface area contributed by atoms with Crippen molar-refractivity contribution in [1.29, 1.82) is 0 Å². The summed E-state index contributed by atoms with van der Waals surface area (Å²) in [6, 6.07) is 7.86. The van der Waals surface area contributed by atoms with Gasteiger partial charge >= 0.3 is 5.97 Å². The van der Waals surface area contributed by atoms with Crippen LogP contribution in [0.1, 0.15) is 6.92 Å². The van der Waals surface area contributed by atoms with Gasteiger partial charge in [-0.2, -0.15) is 0 Å². The molecule has 1 aromatic rings. The van der Waals surface area contributed by atoms with Gasteiger partial charge in [-0.25, -0.2) is 4.79 Å². The van der Waals surface area contributed by atoms with Crippen molar-refractivity contribution in [3.63, 3.8) is 0 Å². The zero-order valence-corrected chi connectivity index (χ0v) is 9.12. The minimum absolute atomic E-state index is 0.314. The molecule has 84 valence electrons. The maximum absolute atomic E-state index is 11.3. The standard InChI is InChI=1S/C12H14N2O2/c1-2-16-12(15)7-9-8-13-10-5-3-4-6-11(10)14-9/h3-7,13-14H,2,8H2,1H3/b9-7-. The maximum Gasteiger partial charge on any atom is 0.332 e. The van der Waals surface area contributed by atoms with E-state index in [2.05, 4.69) is 10.6 Å². The average molecular weight is 218 g/mol.